The number of hydrogen-bond donors (Lipinski definition) is 1. The van der Waals surface area contributed by atoms with Crippen LogP contribution >= 0.6 is 0 Å². The Morgan fingerprint density at radius 2 is 1.93 bits per heavy atom. The lowest BCUT2D eigenvalue weighted by Gasteiger charge is -2.06. The summed E-state index contributed by atoms with van der Waals surface area (Å²) in [5.41, 5.74) is -0.908. The van der Waals surface area contributed by atoms with Crippen LogP contribution in [0.2, 0.25) is 0 Å². The Hall–Kier alpha value is -1.72. The van der Waals surface area contributed by atoms with Gasteiger partial charge in [-0.05, 0) is 6.42 Å². The molecular weight excluding hydrogens is 206 g/mol. The second-order valence-corrected chi connectivity index (χ2v) is 2.97. The third-order valence-corrected chi connectivity index (χ3v) is 1.79. The highest BCUT2D eigenvalue weighted by molar-refractivity contribution is 5.51. The molecule has 1 aromatic carbocycles. The van der Waals surface area contributed by atoms with E-state index < -0.39 is 22.2 Å². The van der Waals surface area contributed by atoms with E-state index in [1.165, 1.54) is 0 Å². The summed E-state index contributed by atoms with van der Waals surface area (Å²) in [4.78, 5) is 9.44. The fourth-order valence-electron chi connectivity index (χ4n) is 1.08. The lowest BCUT2D eigenvalue weighted by molar-refractivity contribution is -0.385. The molecule has 0 heterocycles. The Bertz CT molecular complexity index is 359. The largest absolute Gasteiger partial charge is 0.380 e. The zero-order valence-corrected chi connectivity index (χ0v) is 8.09. The minimum atomic E-state index is -0.949. The summed E-state index contributed by atoms with van der Waals surface area (Å²) in [7, 11) is 0. The monoisotopic (exact) mass is 216 g/mol. The number of nitro groups is 1. The number of hydrogen-bond acceptors (Lipinski definition) is 3. The molecule has 0 saturated heterocycles. The molecule has 0 amide bonds. The average molecular weight is 216 g/mol. The number of halogens is 2. The van der Waals surface area contributed by atoms with E-state index in [2.05, 4.69) is 5.32 Å². The molecule has 0 bridgehead atoms. The number of anilines is 1. The molecule has 0 radical (unpaired) electrons. The predicted octanol–water partition coefficient (Wildman–Crippen LogP) is 2.69. The average Bonchev–Trinajstić information content (AvgIpc) is 2.16. The summed E-state index contributed by atoms with van der Waals surface area (Å²) in [6, 6.07) is 1.39. The van der Waals surface area contributed by atoms with Crippen LogP contribution in [0.5, 0.6) is 0 Å². The van der Waals surface area contributed by atoms with E-state index in [1.54, 1.807) is 0 Å². The normalized spacial score (nSPS) is 10.1. The zero-order valence-electron chi connectivity index (χ0n) is 8.09. The summed E-state index contributed by atoms with van der Waals surface area (Å²) >= 11 is 0. The van der Waals surface area contributed by atoms with Crippen LogP contribution in [0, 0.1) is 21.7 Å². The Labute approximate surface area is 85.1 Å². The van der Waals surface area contributed by atoms with Crippen molar-refractivity contribution in [2.45, 2.75) is 13.3 Å². The van der Waals surface area contributed by atoms with E-state index in [0.717, 1.165) is 0 Å². The van der Waals surface area contributed by atoms with Crippen molar-refractivity contribution in [3.05, 3.63) is 33.9 Å². The van der Waals surface area contributed by atoms with Crippen LogP contribution in [0.4, 0.5) is 20.2 Å². The summed E-state index contributed by atoms with van der Waals surface area (Å²) in [5, 5.41) is 12.8. The summed E-state index contributed by atoms with van der Waals surface area (Å²) in [5.74, 6) is -1.90. The van der Waals surface area contributed by atoms with Gasteiger partial charge in [0.2, 0.25) is 0 Å². The SMILES string of the molecule is CCCNc1c(F)cc([N+](=O)[O-])cc1F. The molecule has 1 N–H and O–H groups in total. The molecule has 0 aliphatic carbocycles. The smallest absolute Gasteiger partial charge is 0.275 e. The molecule has 4 nitrogen and oxygen atoms in total. The topological polar surface area (TPSA) is 55.2 Å². The number of non-ortho nitro benzene ring substituents is 1. The molecule has 0 spiro atoms. The lowest BCUT2D eigenvalue weighted by Crippen LogP contribution is -2.05. The predicted molar refractivity (Wildman–Crippen MR) is 51.8 cm³/mol. The van der Waals surface area contributed by atoms with E-state index >= 15 is 0 Å². The highest BCUT2D eigenvalue weighted by Gasteiger charge is 2.16. The number of nitrogens with zero attached hydrogens (tertiary/aromatic N) is 1. The minimum absolute atomic E-state index is 0.317. The van der Waals surface area contributed by atoms with Crippen LogP contribution in [0.15, 0.2) is 12.1 Å². The molecule has 1 rings (SSSR count). The first-order valence-electron chi connectivity index (χ1n) is 4.43. The van der Waals surface area contributed by atoms with E-state index in [-0.39, 0.29) is 5.69 Å². The molecular formula is C9H10F2N2O2. The quantitative estimate of drug-likeness (QED) is 0.621. The maximum Gasteiger partial charge on any atom is 0.275 e. The van der Waals surface area contributed by atoms with Crippen molar-refractivity contribution in [1.82, 2.24) is 0 Å². The van der Waals surface area contributed by atoms with Crippen LogP contribution in [0.1, 0.15) is 13.3 Å². The van der Waals surface area contributed by atoms with Crippen molar-refractivity contribution in [3.8, 4) is 0 Å². The van der Waals surface area contributed by atoms with E-state index in [0.29, 0.717) is 25.1 Å². The van der Waals surface area contributed by atoms with Crippen LogP contribution in [0.3, 0.4) is 0 Å². The van der Waals surface area contributed by atoms with Gasteiger partial charge in [0.05, 0.1) is 17.1 Å². The Kier molecular flexibility index (Phi) is 3.54. The summed E-state index contributed by atoms with van der Waals surface area (Å²) in [6.45, 7) is 2.25. The van der Waals surface area contributed by atoms with E-state index in [1.807, 2.05) is 6.92 Å². The molecule has 0 unspecified atom stereocenters. The van der Waals surface area contributed by atoms with Gasteiger partial charge in [0, 0.05) is 6.54 Å². The molecule has 0 aliphatic rings. The molecule has 0 saturated carbocycles. The van der Waals surface area contributed by atoms with Gasteiger partial charge in [-0.25, -0.2) is 8.78 Å². The van der Waals surface area contributed by atoms with Crippen molar-refractivity contribution in [2.24, 2.45) is 0 Å². The van der Waals surface area contributed by atoms with Gasteiger partial charge in [0.25, 0.3) is 5.69 Å². The number of nitro benzene ring substituents is 1. The van der Waals surface area contributed by atoms with Gasteiger partial charge in [-0.3, -0.25) is 10.1 Å². The number of nitrogens with one attached hydrogen (secondary N) is 1. The first-order valence-corrected chi connectivity index (χ1v) is 4.43. The zero-order chi connectivity index (χ0) is 11.4. The minimum Gasteiger partial charge on any atom is -0.380 e. The third kappa shape index (κ3) is 2.61. The molecule has 0 aromatic heterocycles. The van der Waals surface area contributed by atoms with Crippen molar-refractivity contribution in [1.29, 1.82) is 0 Å². The van der Waals surface area contributed by atoms with Gasteiger partial charge in [-0.2, -0.15) is 0 Å². The molecule has 6 heteroatoms. The highest BCUT2D eigenvalue weighted by Crippen LogP contribution is 2.24. The van der Waals surface area contributed by atoms with Crippen LogP contribution < -0.4 is 5.32 Å². The van der Waals surface area contributed by atoms with Gasteiger partial charge in [-0.1, -0.05) is 6.92 Å². The molecule has 0 aliphatic heterocycles. The van der Waals surface area contributed by atoms with Gasteiger partial charge in [0.15, 0.2) is 11.6 Å². The fraction of sp³-hybridized carbons (Fsp3) is 0.333. The van der Waals surface area contributed by atoms with Gasteiger partial charge in [-0.15, -0.1) is 0 Å². The number of rotatable bonds is 4. The fourth-order valence-corrected chi connectivity index (χ4v) is 1.08. The Morgan fingerprint density at radius 1 is 1.40 bits per heavy atom. The molecule has 82 valence electrons. The van der Waals surface area contributed by atoms with Crippen molar-refractivity contribution in [2.75, 3.05) is 11.9 Å². The second-order valence-electron chi connectivity index (χ2n) is 2.97. The van der Waals surface area contributed by atoms with Gasteiger partial charge in [0.1, 0.15) is 5.69 Å². The standard InChI is InChI=1S/C9H10F2N2O2/c1-2-3-12-9-7(10)4-6(13(14)15)5-8(9)11/h4-5,12H,2-3H2,1H3. The lowest BCUT2D eigenvalue weighted by atomic mass is 10.2. The molecule has 1 aromatic rings. The highest BCUT2D eigenvalue weighted by atomic mass is 19.1. The van der Waals surface area contributed by atoms with Gasteiger partial charge >= 0.3 is 0 Å². The van der Waals surface area contributed by atoms with E-state index in [9.17, 15) is 18.9 Å². The third-order valence-electron chi connectivity index (χ3n) is 1.79. The number of benzene rings is 1. The maximum absolute atomic E-state index is 13.2. The van der Waals surface area contributed by atoms with Crippen LogP contribution in [0.25, 0.3) is 0 Å². The van der Waals surface area contributed by atoms with E-state index in [4.69, 9.17) is 0 Å². The Morgan fingerprint density at radius 3 is 2.33 bits per heavy atom. The Balaban J connectivity index is 3.04. The maximum atomic E-state index is 13.2. The first-order chi connectivity index (χ1) is 7.06. The van der Waals surface area contributed by atoms with Crippen molar-refractivity contribution in [3.63, 3.8) is 0 Å². The van der Waals surface area contributed by atoms with Gasteiger partial charge < -0.3 is 5.32 Å². The van der Waals surface area contributed by atoms with Crippen LogP contribution in [-0.4, -0.2) is 11.5 Å². The summed E-state index contributed by atoms with van der Waals surface area (Å²) < 4.78 is 26.4. The van der Waals surface area contributed by atoms with Crippen LogP contribution in [-0.2, 0) is 0 Å². The van der Waals surface area contributed by atoms with Crippen molar-refractivity contribution < 1.29 is 13.7 Å². The second kappa shape index (κ2) is 4.68. The molecule has 0 fully saturated rings. The summed E-state index contributed by atoms with van der Waals surface area (Å²) in [6.07, 6.45) is 0.704. The molecule has 15 heavy (non-hydrogen) atoms. The molecule has 0 atom stereocenters. The van der Waals surface area contributed by atoms with Crippen molar-refractivity contribution >= 4 is 11.4 Å². The first kappa shape index (κ1) is 11.4.